The number of rotatable bonds is 1. The largest absolute Gasteiger partial charge is 0.492 e. The third-order valence-electron chi connectivity index (χ3n) is 2.64. The number of aromatic nitrogens is 2. The summed E-state index contributed by atoms with van der Waals surface area (Å²) >= 11 is 3.42. The lowest BCUT2D eigenvalue weighted by Gasteiger charge is -2.00. The average molecular weight is 305 g/mol. The zero-order valence-electron chi connectivity index (χ0n) is 9.18. The van der Waals surface area contributed by atoms with Crippen LogP contribution in [-0.4, -0.2) is 21.3 Å². The molecule has 1 aliphatic rings. The summed E-state index contributed by atoms with van der Waals surface area (Å²) in [6.07, 6.45) is 3.51. The van der Waals surface area contributed by atoms with E-state index >= 15 is 0 Å². The fourth-order valence-electron chi connectivity index (χ4n) is 1.83. The van der Waals surface area contributed by atoms with E-state index in [4.69, 9.17) is 5.73 Å². The third kappa shape index (κ3) is 1.80. The first-order valence-electron chi connectivity index (χ1n) is 5.23. The molecule has 1 aromatic heterocycles. The molecule has 0 atom stereocenters. The Kier molecular flexibility index (Phi) is 2.45. The lowest BCUT2D eigenvalue weighted by Crippen LogP contribution is -1.85. The van der Waals surface area contributed by atoms with Crippen molar-refractivity contribution in [1.29, 1.82) is 0 Å². The maximum Gasteiger partial charge on any atom is 0.238 e. The van der Waals surface area contributed by atoms with Crippen LogP contribution in [0.15, 0.2) is 27.7 Å². The fraction of sp³-hybridized carbons (Fsp3) is 0. The Bertz CT molecular complexity index is 687. The van der Waals surface area contributed by atoms with Gasteiger partial charge in [-0.2, -0.15) is 4.98 Å². The molecule has 0 spiro atoms. The van der Waals surface area contributed by atoms with Gasteiger partial charge in [-0.05, 0) is 24.3 Å². The number of nitrogens with two attached hydrogens (primary N) is 1. The number of aliphatic imine (C=N–C) groups is 1. The topological polar surface area (TPSA) is 87.3 Å². The number of benzene rings is 1. The highest BCUT2D eigenvalue weighted by Gasteiger charge is 2.14. The van der Waals surface area contributed by atoms with Crippen molar-refractivity contribution in [2.75, 3.05) is 5.73 Å². The number of allylic oxidation sites excluding steroid dienone is 1. The molecule has 0 fully saturated rings. The summed E-state index contributed by atoms with van der Waals surface area (Å²) < 4.78 is 0.978. The summed E-state index contributed by atoms with van der Waals surface area (Å²) in [7, 11) is 0. The molecule has 0 amide bonds. The van der Waals surface area contributed by atoms with Crippen LogP contribution in [0.3, 0.4) is 0 Å². The lowest BCUT2D eigenvalue weighted by molar-refractivity contribution is 0.456. The molecule has 6 heteroatoms. The van der Waals surface area contributed by atoms with Gasteiger partial charge in [0.2, 0.25) is 11.8 Å². The zero-order chi connectivity index (χ0) is 12.7. The molecule has 0 radical (unpaired) electrons. The zero-order valence-corrected chi connectivity index (χ0v) is 10.8. The molecule has 90 valence electrons. The summed E-state index contributed by atoms with van der Waals surface area (Å²) in [6.45, 7) is 0. The molecule has 1 aliphatic heterocycles. The SMILES string of the molecule is Nc1nc(O)c(/C=C2/C=Nc3ccc(Br)cc32)[nH]1. The van der Waals surface area contributed by atoms with E-state index in [2.05, 4.69) is 30.9 Å². The van der Waals surface area contributed by atoms with Crippen molar-refractivity contribution in [3.05, 3.63) is 33.9 Å². The van der Waals surface area contributed by atoms with Crippen LogP contribution >= 0.6 is 15.9 Å². The van der Waals surface area contributed by atoms with E-state index in [1.807, 2.05) is 18.2 Å². The average Bonchev–Trinajstić information content (AvgIpc) is 2.84. The molecule has 2 aromatic rings. The summed E-state index contributed by atoms with van der Waals surface area (Å²) in [6, 6.07) is 5.84. The number of aromatic hydroxyl groups is 1. The van der Waals surface area contributed by atoms with Gasteiger partial charge >= 0.3 is 0 Å². The van der Waals surface area contributed by atoms with Crippen LogP contribution in [0, 0.1) is 0 Å². The number of aromatic amines is 1. The van der Waals surface area contributed by atoms with E-state index in [1.165, 1.54) is 0 Å². The van der Waals surface area contributed by atoms with E-state index in [9.17, 15) is 5.11 Å². The molecule has 0 saturated heterocycles. The first-order chi connectivity index (χ1) is 8.63. The van der Waals surface area contributed by atoms with Gasteiger partial charge in [-0.25, -0.2) is 0 Å². The van der Waals surface area contributed by atoms with Gasteiger partial charge in [0.25, 0.3) is 0 Å². The molecule has 1 aromatic carbocycles. The molecule has 5 nitrogen and oxygen atoms in total. The number of H-pyrrole nitrogens is 1. The number of halogens is 1. The van der Waals surface area contributed by atoms with E-state index in [0.29, 0.717) is 5.69 Å². The van der Waals surface area contributed by atoms with E-state index < -0.39 is 0 Å². The van der Waals surface area contributed by atoms with Gasteiger partial charge in [0.1, 0.15) is 5.69 Å². The van der Waals surface area contributed by atoms with Crippen LogP contribution in [0.4, 0.5) is 11.6 Å². The molecule has 4 N–H and O–H groups in total. The van der Waals surface area contributed by atoms with Crippen LogP contribution in [0.25, 0.3) is 11.6 Å². The highest BCUT2D eigenvalue weighted by molar-refractivity contribution is 9.10. The Hall–Kier alpha value is -2.08. The van der Waals surface area contributed by atoms with Crippen molar-refractivity contribution >= 4 is 45.4 Å². The molecule has 0 unspecified atom stereocenters. The molecular formula is C12H9BrN4O. The van der Waals surface area contributed by atoms with Crippen LogP contribution in [-0.2, 0) is 0 Å². The lowest BCUT2D eigenvalue weighted by atomic mass is 10.1. The number of fused-ring (bicyclic) bond motifs is 1. The maximum absolute atomic E-state index is 9.57. The summed E-state index contributed by atoms with van der Waals surface area (Å²) in [5.41, 5.74) is 8.74. The third-order valence-corrected chi connectivity index (χ3v) is 3.14. The smallest absolute Gasteiger partial charge is 0.238 e. The molecule has 3 rings (SSSR count). The standard InChI is InChI=1S/C12H9BrN4O/c13-7-1-2-9-8(4-7)6(5-15-9)3-10-11(18)17-12(14)16-10/h1-5,18H,(H3,14,16,17)/b6-3-. The number of hydrogen-bond donors (Lipinski definition) is 3. The monoisotopic (exact) mass is 304 g/mol. The molecule has 2 heterocycles. The molecule has 0 aliphatic carbocycles. The number of nitrogens with zero attached hydrogens (tertiary/aromatic N) is 2. The highest BCUT2D eigenvalue weighted by Crippen LogP contribution is 2.35. The second-order valence-corrected chi connectivity index (χ2v) is 4.79. The number of imidazole rings is 1. The minimum atomic E-state index is -0.114. The van der Waals surface area contributed by atoms with E-state index in [0.717, 1.165) is 21.3 Å². The minimum Gasteiger partial charge on any atom is -0.492 e. The Labute approximate surface area is 111 Å². The van der Waals surface area contributed by atoms with Crippen molar-refractivity contribution in [3.63, 3.8) is 0 Å². The predicted octanol–water partition coefficient (Wildman–Crippen LogP) is 2.72. The van der Waals surface area contributed by atoms with Gasteiger partial charge in [0.05, 0.1) is 5.69 Å². The van der Waals surface area contributed by atoms with Gasteiger partial charge in [-0.15, -0.1) is 0 Å². The minimum absolute atomic E-state index is 0.114. The summed E-state index contributed by atoms with van der Waals surface area (Å²) in [5, 5.41) is 9.57. The number of hydrogen-bond acceptors (Lipinski definition) is 4. The van der Waals surface area contributed by atoms with Gasteiger partial charge in [0, 0.05) is 21.8 Å². The van der Waals surface area contributed by atoms with Crippen molar-refractivity contribution in [1.82, 2.24) is 9.97 Å². The van der Waals surface area contributed by atoms with Gasteiger partial charge in [-0.1, -0.05) is 15.9 Å². The van der Waals surface area contributed by atoms with Crippen molar-refractivity contribution in [2.24, 2.45) is 4.99 Å². The quantitative estimate of drug-likeness (QED) is 0.757. The second kappa shape index (κ2) is 3.99. The van der Waals surface area contributed by atoms with Gasteiger partial charge in [-0.3, -0.25) is 4.99 Å². The predicted molar refractivity (Wildman–Crippen MR) is 74.8 cm³/mol. The Morgan fingerprint density at radius 1 is 1.39 bits per heavy atom. The number of anilines is 1. The van der Waals surface area contributed by atoms with Crippen molar-refractivity contribution < 1.29 is 5.11 Å². The summed E-state index contributed by atoms with van der Waals surface area (Å²) in [5.74, 6) is 0.0700. The Morgan fingerprint density at radius 2 is 2.22 bits per heavy atom. The normalized spacial score (nSPS) is 15.3. The Morgan fingerprint density at radius 3 is 2.94 bits per heavy atom. The fourth-order valence-corrected chi connectivity index (χ4v) is 2.19. The molecule has 0 bridgehead atoms. The molecular weight excluding hydrogens is 296 g/mol. The first kappa shape index (κ1) is 11.0. The van der Waals surface area contributed by atoms with E-state index in [-0.39, 0.29) is 11.8 Å². The van der Waals surface area contributed by atoms with Gasteiger partial charge < -0.3 is 15.8 Å². The highest BCUT2D eigenvalue weighted by atomic mass is 79.9. The number of nitrogen functional groups attached to an aromatic ring is 1. The van der Waals surface area contributed by atoms with Crippen molar-refractivity contribution in [2.45, 2.75) is 0 Å². The van der Waals surface area contributed by atoms with Crippen LogP contribution in [0.5, 0.6) is 5.88 Å². The second-order valence-electron chi connectivity index (χ2n) is 3.88. The van der Waals surface area contributed by atoms with E-state index in [1.54, 1.807) is 12.3 Å². The number of nitrogens with one attached hydrogen (secondary N) is 1. The maximum atomic E-state index is 9.57. The van der Waals surface area contributed by atoms with Crippen molar-refractivity contribution in [3.8, 4) is 5.88 Å². The Balaban J connectivity index is 2.09. The van der Waals surface area contributed by atoms with Gasteiger partial charge in [0.15, 0.2) is 0 Å². The first-order valence-corrected chi connectivity index (χ1v) is 6.03. The van der Waals surface area contributed by atoms with Crippen LogP contribution in [0.1, 0.15) is 11.3 Å². The molecule has 18 heavy (non-hydrogen) atoms. The molecule has 0 saturated carbocycles. The van der Waals surface area contributed by atoms with Crippen LogP contribution < -0.4 is 5.73 Å². The van der Waals surface area contributed by atoms with Crippen LogP contribution in [0.2, 0.25) is 0 Å². The summed E-state index contributed by atoms with van der Waals surface area (Å²) in [4.78, 5) is 10.8.